The minimum Gasteiger partial charge on any atom is -0.346 e. The van der Waals surface area contributed by atoms with Gasteiger partial charge in [0.25, 0.3) is 0 Å². The van der Waals surface area contributed by atoms with E-state index in [0.717, 1.165) is 25.7 Å². The fraction of sp³-hybridized carbons (Fsp3) is 0.875. The monoisotopic (exact) mass is 265 g/mol. The Bertz CT molecular complexity index is 352. The van der Waals surface area contributed by atoms with Crippen LogP contribution >= 0.6 is 0 Å². The average Bonchev–Trinajstić information content (AvgIpc) is 3.15. The van der Waals surface area contributed by atoms with Gasteiger partial charge >= 0.3 is 0 Å². The fourth-order valence-corrected chi connectivity index (χ4v) is 2.98. The third-order valence-corrected chi connectivity index (χ3v) is 4.83. The molecule has 0 aromatic heterocycles. The second-order valence-electron chi connectivity index (χ2n) is 6.97. The Morgan fingerprint density at radius 1 is 1.11 bits per heavy atom. The van der Waals surface area contributed by atoms with Crippen molar-refractivity contribution in [1.82, 2.24) is 5.32 Å². The molecule has 0 aliphatic heterocycles. The first-order valence-corrected chi connectivity index (χ1v) is 7.79. The van der Waals surface area contributed by atoms with Crippen LogP contribution in [0.2, 0.25) is 0 Å². The molecule has 3 heteroatoms. The molecule has 0 heterocycles. The van der Waals surface area contributed by atoms with Gasteiger partial charge in [-0.3, -0.25) is 9.59 Å². The van der Waals surface area contributed by atoms with Gasteiger partial charge < -0.3 is 5.32 Å². The lowest BCUT2D eigenvalue weighted by molar-refractivity contribution is -0.133. The predicted octanol–water partition coefficient (Wildman–Crippen LogP) is 3.08. The number of nitrogens with one attached hydrogen (secondary N) is 1. The number of carbonyl (C=O) groups is 2. The molecule has 0 unspecified atom stereocenters. The molecule has 1 N–H and O–H groups in total. The molecule has 1 amide bonds. The van der Waals surface area contributed by atoms with Crippen LogP contribution in [0.3, 0.4) is 0 Å². The lowest BCUT2D eigenvalue weighted by Gasteiger charge is -2.31. The summed E-state index contributed by atoms with van der Waals surface area (Å²) < 4.78 is 0. The molecule has 2 aliphatic carbocycles. The summed E-state index contributed by atoms with van der Waals surface area (Å²) in [6, 6.07) is -0.245. The van der Waals surface area contributed by atoms with E-state index in [2.05, 4.69) is 5.32 Å². The second-order valence-corrected chi connectivity index (χ2v) is 6.97. The highest BCUT2D eigenvalue weighted by atomic mass is 16.2. The van der Waals surface area contributed by atoms with Gasteiger partial charge in [0.05, 0.1) is 6.04 Å². The minimum atomic E-state index is -0.245. The molecule has 1 atom stereocenters. The van der Waals surface area contributed by atoms with Crippen LogP contribution in [0.1, 0.15) is 65.7 Å². The van der Waals surface area contributed by atoms with Crippen LogP contribution in [-0.4, -0.2) is 17.7 Å². The highest BCUT2D eigenvalue weighted by Gasteiger charge is 2.46. The van der Waals surface area contributed by atoms with E-state index < -0.39 is 0 Å². The van der Waals surface area contributed by atoms with Gasteiger partial charge in [-0.25, -0.2) is 0 Å². The Morgan fingerprint density at radius 2 is 1.68 bits per heavy atom. The molecule has 2 fully saturated rings. The molecule has 0 aromatic carbocycles. The van der Waals surface area contributed by atoms with Crippen molar-refractivity contribution in [3.63, 3.8) is 0 Å². The van der Waals surface area contributed by atoms with Gasteiger partial charge in [-0.05, 0) is 31.6 Å². The van der Waals surface area contributed by atoms with Gasteiger partial charge in [0.1, 0.15) is 0 Å². The number of rotatable bonds is 5. The molecule has 108 valence electrons. The topological polar surface area (TPSA) is 46.2 Å². The van der Waals surface area contributed by atoms with E-state index in [0.29, 0.717) is 5.92 Å². The van der Waals surface area contributed by atoms with Crippen molar-refractivity contribution in [3.8, 4) is 0 Å². The first kappa shape index (κ1) is 14.5. The molecule has 2 aliphatic rings. The molecule has 2 saturated carbocycles. The molecule has 0 spiro atoms. The van der Waals surface area contributed by atoms with Crippen LogP contribution in [0.4, 0.5) is 0 Å². The van der Waals surface area contributed by atoms with E-state index in [9.17, 15) is 9.59 Å². The minimum absolute atomic E-state index is 0.000708. The Balaban J connectivity index is 2.04. The molecular weight excluding hydrogens is 238 g/mol. The van der Waals surface area contributed by atoms with Gasteiger partial charge in [0, 0.05) is 11.3 Å². The summed E-state index contributed by atoms with van der Waals surface area (Å²) in [5, 5.41) is 3.08. The summed E-state index contributed by atoms with van der Waals surface area (Å²) in [5.41, 5.74) is -0.190. The Morgan fingerprint density at radius 3 is 2.16 bits per heavy atom. The van der Waals surface area contributed by atoms with Crippen molar-refractivity contribution in [3.05, 3.63) is 0 Å². The van der Waals surface area contributed by atoms with Crippen molar-refractivity contribution < 1.29 is 9.59 Å². The zero-order chi connectivity index (χ0) is 14.0. The summed E-state index contributed by atoms with van der Waals surface area (Å²) in [6.07, 6.45) is 7.75. The van der Waals surface area contributed by atoms with E-state index in [-0.39, 0.29) is 29.1 Å². The number of ketones is 1. The number of carbonyl (C=O) groups excluding carboxylic acids is 2. The average molecular weight is 265 g/mol. The molecular formula is C16H27NO2. The fourth-order valence-electron chi connectivity index (χ4n) is 2.98. The summed E-state index contributed by atoms with van der Waals surface area (Å²) in [7, 11) is 0. The number of amides is 1. The van der Waals surface area contributed by atoms with E-state index >= 15 is 0 Å². The third-order valence-electron chi connectivity index (χ3n) is 4.83. The van der Waals surface area contributed by atoms with Gasteiger partial charge in [-0.15, -0.1) is 0 Å². The van der Waals surface area contributed by atoms with Gasteiger partial charge in [0.15, 0.2) is 5.78 Å². The highest BCUT2D eigenvalue weighted by molar-refractivity contribution is 5.93. The zero-order valence-electron chi connectivity index (χ0n) is 12.5. The quantitative estimate of drug-likeness (QED) is 0.830. The lowest BCUT2D eigenvalue weighted by Crippen LogP contribution is -2.50. The Labute approximate surface area is 116 Å². The van der Waals surface area contributed by atoms with Crippen LogP contribution in [0, 0.1) is 17.3 Å². The van der Waals surface area contributed by atoms with E-state index in [1.54, 1.807) is 0 Å². The molecule has 2 rings (SSSR count). The largest absolute Gasteiger partial charge is 0.346 e. The van der Waals surface area contributed by atoms with Crippen molar-refractivity contribution in [2.24, 2.45) is 17.3 Å². The van der Waals surface area contributed by atoms with E-state index in [1.165, 1.54) is 19.3 Å². The summed E-state index contributed by atoms with van der Waals surface area (Å²) in [4.78, 5) is 24.7. The molecule has 3 nitrogen and oxygen atoms in total. The van der Waals surface area contributed by atoms with Crippen LogP contribution in [0.5, 0.6) is 0 Å². The van der Waals surface area contributed by atoms with Gasteiger partial charge in [-0.2, -0.15) is 0 Å². The maximum atomic E-state index is 12.4. The van der Waals surface area contributed by atoms with E-state index in [4.69, 9.17) is 0 Å². The van der Waals surface area contributed by atoms with E-state index in [1.807, 2.05) is 20.8 Å². The van der Waals surface area contributed by atoms with Crippen LogP contribution in [-0.2, 0) is 9.59 Å². The number of Topliss-reactive ketones (excluding diaryl/α,β-unsaturated/α-hetero) is 1. The van der Waals surface area contributed by atoms with Crippen LogP contribution in [0.25, 0.3) is 0 Å². The van der Waals surface area contributed by atoms with Crippen LogP contribution in [0.15, 0.2) is 0 Å². The summed E-state index contributed by atoms with van der Waals surface area (Å²) in [5.74, 6) is 0.663. The molecule has 0 bridgehead atoms. The highest BCUT2D eigenvalue weighted by Crippen LogP contribution is 2.45. The van der Waals surface area contributed by atoms with Crippen molar-refractivity contribution in [2.75, 3.05) is 0 Å². The molecule has 0 radical (unpaired) electrons. The smallest absolute Gasteiger partial charge is 0.226 e. The normalized spacial score (nSPS) is 24.0. The number of hydrogen-bond acceptors (Lipinski definition) is 2. The molecule has 0 aromatic rings. The second kappa shape index (κ2) is 5.64. The lowest BCUT2D eigenvalue weighted by atomic mass is 9.80. The maximum Gasteiger partial charge on any atom is 0.226 e. The van der Waals surface area contributed by atoms with Crippen molar-refractivity contribution in [1.29, 1.82) is 0 Å². The first-order chi connectivity index (χ1) is 8.94. The van der Waals surface area contributed by atoms with Crippen molar-refractivity contribution in [2.45, 2.75) is 71.8 Å². The standard InChI is InChI=1S/C16H27NO2/c1-11(2)14(18)13(12-7-5-4-6-8-12)17-15(19)16(3)9-10-16/h11-13H,4-10H2,1-3H3,(H,17,19)/t13-/m1/s1. The SMILES string of the molecule is CC(C)C(=O)[C@H](NC(=O)C1(C)CC1)C1CCCCC1. The first-order valence-electron chi connectivity index (χ1n) is 7.79. The summed E-state index contributed by atoms with van der Waals surface area (Å²) >= 11 is 0. The molecule has 0 saturated heterocycles. The predicted molar refractivity (Wildman–Crippen MR) is 75.7 cm³/mol. The Hall–Kier alpha value is -0.860. The van der Waals surface area contributed by atoms with Gasteiger partial charge in [0.2, 0.25) is 5.91 Å². The van der Waals surface area contributed by atoms with Gasteiger partial charge in [-0.1, -0.05) is 40.0 Å². The maximum absolute atomic E-state index is 12.4. The third kappa shape index (κ3) is 3.37. The Kier molecular flexibility index (Phi) is 4.32. The number of hydrogen-bond donors (Lipinski definition) is 1. The van der Waals surface area contributed by atoms with Crippen LogP contribution < -0.4 is 5.32 Å². The molecule has 19 heavy (non-hydrogen) atoms. The zero-order valence-corrected chi connectivity index (χ0v) is 12.5. The summed E-state index contributed by atoms with van der Waals surface area (Å²) in [6.45, 7) is 5.87. The van der Waals surface area contributed by atoms with Crippen molar-refractivity contribution >= 4 is 11.7 Å².